The number of hydrogen-bond acceptors (Lipinski definition) is 3. The first-order valence-corrected chi connectivity index (χ1v) is 10.2. The summed E-state index contributed by atoms with van der Waals surface area (Å²) in [5.74, 6) is -0.835. The second-order valence-corrected chi connectivity index (χ2v) is 7.45. The van der Waals surface area contributed by atoms with Crippen LogP contribution in [-0.4, -0.2) is 23.0 Å². The number of aromatic amines is 1. The zero-order valence-corrected chi connectivity index (χ0v) is 17.9. The Morgan fingerprint density at radius 2 is 1.79 bits per heavy atom. The van der Waals surface area contributed by atoms with E-state index in [1.165, 1.54) is 0 Å². The third-order valence-electron chi connectivity index (χ3n) is 5.15. The molecule has 0 aliphatic heterocycles. The van der Waals surface area contributed by atoms with Crippen molar-refractivity contribution in [2.75, 3.05) is 7.11 Å². The van der Waals surface area contributed by atoms with Crippen molar-refractivity contribution in [1.82, 2.24) is 15.3 Å². The SMILES string of the molecule is COc1cccc(-c2cnc(-c3cccc(CNC(=O)c4ccc(C(F)(F)F)c(F)c4)c3)[nH]2)c1. The number of imidazole rings is 1. The van der Waals surface area contributed by atoms with Crippen LogP contribution in [0.3, 0.4) is 0 Å². The highest BCUT2D eigenvalue weighted by Gasteiger charge is 2.34. The second-order valence-electron chi connectivity index (χ2n) is 7.45. The van der Waals surface area contributed by atoms with E-state index in [-0.39, 0.29) is 12.1 Å². The Morgan fingerprint density at radius 1 is 1.03 bits per heavy atom. The zero-order chi connectivity index (χ0) is 24.3. The number of aromatic nitrogens is 2. The normalized spacial score (nSPS) is 11.3. The van der Waals surface area contributed by atoms with Crippen LogP contribution >= 0.6 is 0 Å². The van der Waals surface area contributed by atoms with E-state index in [0.717, 1.165) is 34.2 Å². The van der Waals surface area contributed by atoms with Crippen molar-refractivity contribution in [2.24, 2.45) is 0 Å². The number of nitrogens with one attached hydrogen (secondary N) is 2. The van der Waals surface area contributed by atoms with Crippen LogP contribution in [0.25, 0.3) is 22.6 Å². The lowest BCUT2D eigenvalue weighted by atomic mass is 10.1. The smallest absolute Gasteiger partial charge is 0.419 e. The molecule has 1 aromatic heterocycles. The average molecular weight is 469 g/mol. The van der Waals surface area contributed by atoms with E-state index in [4.69, 9.17) is 4.74 Å². The molecule has 0 saturated carbocycles. The van der Waals surface area contributed by atoms with Gasteiger partial charge in [0.05, 0.1) is 24.6 Å². The summed E-state index contributed by atoms with van der Waals surface area (Å²) in [4.78, 5) is 20.0. The number of amides is 1. The van der Waals surface area contributed by atoms with Crippen LogP contribution < -0.4 is 10.1 Å². The maximum absolute atomic E-state index is 13.8. The number of nitrogens with zero attached hydrogens (tertiary/aromatic N) is 1. The van der Waals surface area contributed by atoms with Gasteiger partial charge in [0.25, 0.3) is 5.91 Å². The molecule has 34 heavy (non-hydrogen) atoms. The summed E-state index contributed by atoms with van der Waals surface area (Å²) in [6.07, 6.45) is -3.12. The van der Waals surface area contributed by atoms with Gasteiger partial charge in [-0.3, -0.25) is 4.79 Å². The molecule has 3 aromatic carbocycles. The minimum Gasteiger partial charge on any atom is -0.497 e. The summed E-state index contributed by atoms with van der Waals surface area (Å²) < 4.78 is 57.1. The number of H-pyrrole nitrogens is 1. The molecular formula is C25H19F4N3O2. The minimum absolute atomic E-state index is 0.0960. The molecule has 0 radical (unpaired) electrons. The fourth-order valence-electron chi connectivity index (χ4n) is 3.40. The maximum atomic E-state index is 13.8. The lowest BCUT2D eigenvalue weighted by molar-refractivity contribution is -0.140. The lowest BCUT2D eigenvalue weighted by Crippen LogP contribution is -2.23. The van der Waals surface area contributed by atoms with Gasteiger partial charge in [-0.25, -0.2) is 9.37 Å². The van der Waals surface area contributed by atoms with Crippen LogP contribution in [0.2, 0.25) is 0 Å². The molecule has 5 nitrogen and oxygen atoms in total. The van der Waals surface area contributed by atoms with Gasteiger partial charge < -0.3 is 15.0 Å². The predicted molar refractivity (Wildman–Crippen MR) is 119 cm³/mol. The molecule has 1 heterocycles. The Hall–Kier alpha value is -4.14. The average Bonchev–Trinajstić information content (AvgIpc) is 3.32. The second kappa shape index (κ2) is 9.38. The van der Waals surface area contributed by atoms with Crippen LogP contribution in [0.15, 0.2) is 72.9 Å². The molecule has 0 atom stereocenters. The number of methoxy groups -OCH3 is 1. The quantitative estimate of drug-likeness (QED) is 0.349. The lowest BCUT2D eigenvalue weighted by Gasteiger charge is -2.10. The summed E-state index contributed by atoms with van der Waals surface area (Å²) in [5.41, 5.74) is 1.61. The van der Waals surface area contributed by atoms with Crippen LogP contribution in [0.5, 0.6) is 5.75 Å². The van der Waals surface area contributed by atoms with Gasteiger partial charge >= 0.3 is 6.18 Å². The van der Waals surface area contributed by atoms with Gasteiger partial charge in [0.1, 0.15) is 17.4 Å². The van der Waals surface area contributed by atoms with Gasteiger partial charge in [0, 0.05) is 23.2 Å². The summed E-state index contributed by atoms with van der Waals surface area (Å²) >= 11 is 0. The summed E-state index contributed by atoms with van der Waals surface area (Å²) in [6, 6.07) is 16.9. The van der Waals surface area contributed by atoms with Crippen molar-refractivity contribution >= 4 is 5.91 Å². The van der Waals surface area contributed by atoms with E-state index in [9.17, 15) is 22.4 Å². The monoisotopic (exact) mass is 469 g/mol. The zero-order valence-electron chi connectivity index (χ0n) is 17.9. The molecular weight excluding hydrogens is 450 g/mol. The van der Waals surface area contributed by atoms with Crippen molar-refractivity contribution in [3.8, 4) is 28.4 Å². The van der Waals surface area contributed by atoms with Gasteiger partial charge in [0.15, 0.2) is 0 Å². The van der Waals surface area contributed by atoms with Crippen molar-refractivity contribution in [3.63, 3.8) is 0 Å². The van der Waals surface area contributed by atoms with E-state index in [1.807, 2.05) is 36.4 Å². The van der Waals surface area contributed by atoms with Gasteiger partial charge in [-0.1, -0.05) is 30.3 Å². The highest BCUT2D eigenvalue weighted by molar-refractivity contribution is 5.94. The molecule has 0 unspecified atom stereocenters. The Kier molecular flexibility index (Phi) is 6.36. The first-order chi connectivity index (χ1) is 16.2. The van der Waals surface area contributed by atoms with E-state index in [1.54, 1.807) is 25.4 Å². The van der Waals surface area contributed by atoms with Gasteiger partial charge in [-0.05, 0) is 42.0 Å². The topological polar surface area (TPSA) is 67.0 Å². The first kappa shape index (κ1) is 23.0. The molecule has 4 aromatic rings. The van der Waals surface area contributed by atoms with Gasteiger partial charge in [0.2, 0.25) is 0 Å². The third kappa shape index (κ3) is 5.09. The number of halogens is 4. The molecule has 9 heteroatoms. The predicted octanol–water partition coefficient (Wildman–Crippen LogP) is 5.84. The molecule has 0 aliphatic carbocycles. The van der Waals surface area contributed by atoms with Crippen LogP contribution in [0.1, 0.15) is 21.5 Å². The van der Waals surface area contributed by atoms with Gasteiger partial charge in [-0.2, -0.15) is 13.2 Å². The molecule has 0 spiro atoms. The Morgan fingerprint density at radius 3 is 2.53 bits per heavy atom. The maximum Gasteiger partial charge on any atom is 0.419 e. The number of rotatable bonds is 6. The fourth-order valence-corrected chi connectivity index (χ4v) is 3.40. The molecule has 4 rings (SSSR count). The Balaban J connectivity index is 1.46. The molecule has 0 fully saturated rings. The number of benzene rings is 3. The van der Waals surface area contributed by atoms with E-state index in [0.29, 0.717) is 18.0 Å². The summed E-state index contributed by atoms with van der Waals surface area (Å²) in [7, 11) is 1.59. The molecule has 0 saturated heterocycles. The van der Waals surface area contributed by atoms with Crippen molar-refractivity contribution in [2.45, 2.75) is 12.7 Å². The highest BCUT2D eigenvalue weighted by atomic mass is 19.4. The third-order valence-corrected chi connectivity index (χ3v) is 5.15. The summed E-state index contributed by atoms with van der Waals surface area (Å²) in [6.45, 7) is 0.0960. The van der Waals surface area contributed by atoms with E-state index in [2.05, 4.69) is 15.3 Å². The largest absolute Gasteiger partial charge is 0.497 e. The van der Waals surface area contributed by atoms with Crippen molar-refractivity contribution < 1.29 is 27.1 Å². The Bertz CT molecular complexity index is 1330. The molecule has 1 amide bonds. The molecule has 0 aliphatic rings. The highest BCUT2D eigenvalue weighted by Crippen LogP contribution is 2.31. The van der Waals surface area contributed by atoms with E-state index >= 15 is 0 Å². The number of alkyl halides is 3. The standard InChI is InChI=1S/C25H19F4N3O2/c1-34-19-7-3-5-16(11-19)22-14-30-23(32-22)17-6-2-4-15(10-17)13-31-24(33)18-8-9-20(21(26)12-18)25(27,28)29/h2-12,14H,13H2,1H3,(H,30,32)(H,31,33). The van der Waals surface area contributed by atoms with Gasteiger partial charge in [-0.15, -0.1) is 0 Å². The first-order valence-electron chi connectivity index (χ1n) is 10.2. The number of carbonyl (C=O) groups is 1. The fraction of sp³-hybridized carbons (Fsp3) is 0.120. The van der Waals surface area contributed by atoms with Crippen LogP contribution in [-0.2, 0) is 12.7 Å². The van der Waals surface area contributed by atoms with Crippen molar-refractivity contribution in [1.29, 1.82) is 0 Å². The van der Waals surface area contributed by atoms with Crippen LogP contribution in [0, 0.1) is 5.82 Å². The van der Waals surface area contributed by atoms with E-state index < -0.39 is 23.5 Å². The summed E-state index contributed by atoms with van der Waals surface area (Å²) in [5, 5.41) is 2.59. The molecule has 2 N–H and O–H groups in total. The van der Waals surface area contributed by atoms with Crippen molar-refractivity contribution in [3.05, 3.63) is 95.4 Å². The van der Waals surface area contributed by atoms with Crippen LogP contribution in [0.4, 0.5) is 17.6 Å². The molecule has 174 valence electrons. The number of hydrogen-bond donors (Lipinski definition) is 2. The minimum atomic E-state index is -4.82. The molecule has 0 bridgehead atoms. The number of ether oxygens (including phenoxy) is 1. The Labute approximate surface area is 192 Å². The number of carbonyl (C=O) groups excluding carboxylic acids is 1.